The van der Waals surface area contributed by atoms with Crippen molar-refractivity contribution in [2.45, 2.75) is 26.3 Å². The highest BCUT2D eigenvalue weighted by Crippen LogP contribution is 2.22. The quantitative estimate of drug-likeness (QED) is 0.834. The average Bonchev–Trinajstić information content (AvgIpc) is 2.53. The van der Waals surface area contributed by atoms with Crippen LogP contribution in [0.15, 0.2) is 36.4 Å². The molecule has 24 heavy (non-hydrogen) atoms. The number of pyridine rings is 1. The Labute approximate surface area is 150 Å². The number of benzene rings is 1. The van der Waals surface area contributed by atoms with E-state index in [-0.39, 0.29) is 23.3 Å². The standard InChI is InChI=1S/C17H17Cl2N3O2/c1-3-10(2)20-16(23)14-5-4-6-15(22-14)17(24)21-13-8-11(18)7-12(19)9-13/h4-10H,3H2,1-2H3,(H,20,23)(H,21,24). The van der Waals surface area contributed by atoms with Gasteiger partial charge in [0.2, 0.25) is 0 Å². The number of rotatable bonds is 5. The van der Waals surface area contributed by atoms with Crippen LogP contribution < -0.4 is 10.6 Å². The lowest BCUT2D eigenvalue weighted by molar-refractivity contribution is 0.0934. The number of halogens is 2. The number of hydrogen-bond acceptors (Lipinski definition) is 3. The van der Waals surface area contributed by atoms with Gasteiger partial charge >= 0.3 is 0 Å². The van der Waals surface area contributed by atoms with Gasteiger partial charge in [-0.2, -0.15) is 0 Å². The maximum absolute atomic E-state index is 12.3. The predicted octanol–water partition coefficient (Wildman–Crippen LogP) is 4.17. The van der Waals surface area contributed by atoms with Gasteiger partial charge in [0.25, 0.3) is 11.8 Å². The molecule has 0 fully saturated rings. The molecule has 0 aliphatic heterocycles. The van der Waals surface area contributed by atoms with E-state index in [2.05, 4.69) is 15.6 Å². The van der Waals surface area contributed by atoms with Crippen molar-refractivity contribution in [1.29, 1.82) is 0 Å². The fraction of sp³-hybridized carbons (Fsp3) is 0.235. The molecule has 5 nitrogen and oxygen atoms in total. The normalized spacial score (nSPS) is 11.7. The second-order valence-corrected chi connectivity index (χ2v) is 6.18. The lowest BCUT2D eigenvalue weighted by Crippen LogP contribution is -2.32. The zero-order valence-corrected chi connectivity index (χ0v) is 14.8. The Balaban J connectivity index is 2.15. The summed E-state index contributed by atoms with van der Waals surface area (Å²) in [6.45, 7) is 3.87. The number of carbonyl (C=O) groups excluding carboxylic acids is 2. The van der Waals surface area contributed by atoms with Crippen LogP contribution in [0, 0.1) is 0 Å². The SMILES string of the molecule is CCC(C)NC(=O)c1cccc(C(=O)Nc2cc(Cl)cc(Cl)c2)n1. The molecule has 0 aliphatic carbocycles. The van der Waals surface area contributed by atoms with Gasteiger partial charge in [0.1, 0.15) is 11.4 Å². The van der Waals surface area contributed by atoms with Gasteiger partial charge in [-0.1, -0.05) is 36.2 Å². The van der Waals surface area contributed by atoms with Gasteiger partial charge in [-0.05, 0) is 43.7 Å². The number of nitrogens with one attached hydrogen (secondary N) is 2. The molecule has 2 N–H and O–H groups in total. The van der Waals surface area contributed by atoms with Gasteiger partial charge in [-0.3, -0.25) is 9.59 Å². The lowest BCUT2D eigenvalue weighted by Gasteiger charge is -2.11. The van der Waals surface area contributed by atoms with Crippen molar-refractivity contribution in [3.8, 4) is 0 Å². The second kappa shape index (κ2) is 8.13. The van der Waals surface area contributed by atoms with Crippen molar-refractivity contribution in [3.05, 3.63) is 57.8 Å². The van der Waals surface area contributed by atoms with Crippen molar-refractivity contribution in [1.82, 2.24) is 10.3 Å². The molecule has 1 aromatic heterocycles. The molecule has 0 saturated carbocycles. The number of aromatic nitrogens is 1. The van der Waals surface area contributed by atoms with E-state index in [0.717, 1.165) is 6.42 Å². The summed E-state index contributed by atoms with van der Waals surface area (Å²) in [5.41, 5.74) is 0.767. The van der Waals surface area contributed by atoms with Crippen LogP contribution in [-0.4, -0.2) is 22.8 Å². The smallest absolute Gasteiger partial charge is 0.274 e. The van der Waals surface area contributed by atoms with E-state index in [0.29, 0.717) is 15.7 Å². The van der Waals surface area contributed by atoms with E-state index in [1.54, 1.807) is 30.3 Å². The third-order valence-electron chi connectivity index (χ3n) is 3.32. The summed E-state index contributed by atoms with van der Waals surface area (Å²) < 4.78 is 0. The number of hydrogen-bond donors (Lipinski definition) is 2. The third-order valence-corrected chi connectivity index (χ3v) is 3.76. The number of nitrogens with zero attached hydrogens (tertiary/aromatic N) is 1. The van der Waals surface area contributed by atoms with E-state index in [1.165, 1.54) is 6.07 Å². The van der Waals surface area contributed by atoms with Crippen molar-refractivity contribution in [3.63, 3.8) is 0 Å². The maximum atomic E-state index is 12.3. The van der Waals surface area contributed by atoms with E-state index in [1.807, 2.05) is 13.8 Å². The van der Waals surface area contributed by atoms with Gasteiger partial charge < -0.3 is 10.6 Å². The monoisotopic (exact) mass is 365 g/mol. The number of anilines is 1. The first kappa shape index (κ1) is 18.2. The summed E-state index contributed by atoms with van der Waals surface area (Å²) in [6, 6.07) is 9.45. The third kappa shape index (κ3) is 4.94. The highest BCUT2D eigenvalue weighted by atomic mass is 35.5. The highest BCUT2D eigenvalue weighted by Gasteiger charge is 2.14. The minimum Gasteiger partial charge on any atom is -0.348 e. The van der Waals surface area contributed by atoms with Crippen LogP contribution >= 0.6 is 23.2 Å². The molecule has 2 amide bonds. The Hall–Kier alpha value is -2.11. The summed E-state index contributed by atoms with van der Waals surface area (Å²) in [5.74, 6) is -0.767. The van der Waals surface area contributed by atoms with Gasteiger partial charge in [0.05, 0.1) is 0 Å². The predicted molar refractivity (Wildman–Crippen MR) is 95.9 cm³/mol. The van der Waals surface area contributed by atoms with Crippen LogP contribution in [0.4, 0.5) is 5.69 Å². The Morgan fingerprint density at radius 3 is 2.25 bits per heavy atom. The molecule has 0 aliphatic rings. The topological polar surface area (TPSA) is 71.1 Å². The fourth-order valence-electron chi connectivity index (χ4n) is 1.91. The first-order valence-corrected chi connectivity index (χ1v) is 8.20. The van der Waals surface area contributed by atoms with Gasteiger partial charge in [-0.25, -0.2) is 4.98 Å². The number of amides is 2. The highest BCUT2D eigenvalue weighted by molar-refractivity contribution is 6.35. The Morgan fingerprint density at radius 1 is 1.08 bits per heavy atom. The first-order chi connectivity index (χ1) is 11.4. The van der Waals surface area contributed by atoms with Crippen molar-refractivity contribution in [2.24, 2.45) is 0 Å². The second-order valence-electron chi connectivity index (χ2n) is 5.30. The molecule has 0 saturated heterocycles. The minimum absolute atomic E-state index is 0.0328. The molecule has 126 valence electrons. The van der Waals surface area contributed by atoms with E-state index in [4.69, 9.17) is 23.2 Å². The summed E-state index contributed by atoms with van der Waals surface area (Å²) >= 11 is 11.8. The van der Waals surface area contributed by atoms with Gasteiger partial charge in [0, 0.05) is 21.8 Å². The molecular weight excluding hydrogens is 349 g/mol. The Bertz CT molecular complexity index is 745. The zero-order valence-electron chi connectivity index (χ0n) is 13.3. The molecule has 2 aromatic rings. The molecule has 7 heteroatoms. The molecule has 1 unspecified atom stereocenters. The fourth-order valence-corrected chi connectivity index (χ4v) is 2.43. The molecule has 1 atom stereocenters. The van der Waals surface area contributed by atoms with Crippen LogP contribution in [0.3, 0.4) is 0 Å². The van der Waals surface area contributed by atoms with E-state index < -0.39 is 5.91 Å². The first-order valence-electron chi connectivity index (χ1n) is 7.44. The van der Waals surface area contributed by atoms with E-state index >= 15 is 0 Å². The molecule has 1 aromatic carbocycles. The van der Waals surface area contributed by atoms with Gasteiger partial charge in [0.15, 0.2) is 0 Å². The largest absolute Gasteiger partial charge is 0.348 e. The molecule has 0 bridgehead atoms. The minimum atomic E-state index is -0.452. The van der Waals surface area contributed by atoms with Crippen LogP contribution in [0.25, 0.3) is 0 Å². The molecular formula is C17H17Cl2N3O2. The summed E-state index contributed by atoms with van der Waals surface area (Å²) in [7, 11) is 0. The van der Waals surface area contributed by atoms with Gasteiger partial charge in [-0.15, -0.1) is 0 Å². The van der Waals surface area contributed by atoms with Crippen molar-refractivity contribution < 1.29 is 9.59 Å². The zero-order chi connectivity index (χ0) is 17.7. The summed E-state index contributed by atoms with van der Waals surface area (Å²) in [5, 5.41) is 6.28. The van der Waals surface area contributed by atoms with Crippen molar-refractivity contribution in [2.75, 3.05) is 5.32 Å². The molecule has 0 radical (unpaired) electrons. The Kier molecular flexibility index (Phi) is 6.17. The van der Waals surface area contributed by atoms with Crippen LogP contribution in [0.1, 0.15) is 41.2 Å². The molecule has 1 heterocycles. The van der Waals surface area contributed by atoms with Crippen LogP contribution in [0.2, 0.25) is 10.0 Å². The Morgan fingerprint density at radius 2 is 1.67 bits per heavy atom. The lowest BCUT2D eigenvalue weighted by atomic mass is 10.2. The maximum Gasteiger partial charge on any atom is 0.274 e. The van der Waals surface area contributed by atoms with Crippen LogP contribution in [-0.2, 0) is 0 Å². The summed E-state index contributed by atoms with van der Waals surface area (Å²) in [4.78, 5) is 28.5. The number of carbonyl (C=O) groups is 2. The molecule has 2 rings (SSSR count). The van der Waals surface area contributed by atoms with E-state index in [9.17, 15) is 9.59 Å². The average molecular weight is 366 g/mol. The molecule has 0 spiro atoms. The van der Waals surface area contributed by atoms with Crippen molar-refractivity contribution >= 4 is 40.7 Å². The van der Waals surface area contributed by atoms with Crippen LogP contribution in [0.5, 0.6) is 0 Å². The summed E-state index contributed by atoms with van der Waals surface area (Å²) in [6.07, 6.45) is 0.807.